The first kappa shape index (κ1) is 7.60. The highest BCUT2D eigenvalue weighted by atomic mass is 15.0. The van der Waals surface area contributed by atoms with Crippen molar-refractivity contribution >= 4 is 7.28 Å². The summed E-state index contributed by atoms with van der Waals surface area (Å²) in [5.74, 6) is 0. The molecule has 0 N–H and O–H groups in total. The van der Waals surface area contributed by atoms with E-state index < -0.39 is 0 Å². The van der Waals surface area contributed by atoms with Crippen molar-refractivity contribution in [3.05, 3.63) is 12.3 Å². The number of nitrogens with zero attached hydrogens (tertiary/aromatic N) is 1. The molecule has 0 aliphatic carbocycles. The van der Waals surface area contributed by atoms with Crippen LogP contribution in [0, 0.1) is 0 Å². The van der Waals surface area contributed by atoms with Gasteiger partial charge in [0.1, 0.15) is 7.28 Å². The van der Waals surface area contributed by atoms with Gasteiger partial charge in [-0.2, -0.15) is 0 Å². The molecule has 0 aliphatic rings. The van der Waals surface area contributed by atoms with Crippen LogP contribution in [0.3, 0.4) is 0 Å². The van der Waals surface area contributed by atoms with E-state index in [1.54, 1.807) is 0 Å². The second kappa shape index (κ2) is 4.76. The zero-order valence-electron chi connectivity index (χ0n) is 6.02. The third kappa shape index (κ3) is 5.60. The Morgan fingerprint density at radius 1 is 1.50 bits per heavy atom. The molecule has 0 aromatic carbocycles. The Bertz CT molecular complexity index is 68.9. The van der Waals surface area contributed by atoms with Crippen LogP contribution in [0.15, 0.2) is 12.3 Å². The average molecular weight is 111 g/mol. The smallest absolute Gasteiger partial charge is 0.121 e. The molecule has 0 aromatic rings. The Kier molecular flexibility index (Phi) is 4.52. The summed E-state index contributed by atoms with van der Waals surface area (Å²) in [5.41, 5.74) is 0. The highest BCUT2D eigenvalue weighted by Crippen LogP contribution is 1.82. The molecule has 0 fully saturated rings. The Morgan fingerprint density at radius 3 is 2.50 bits per heavy atom. The minimum atomic E-state index is 1.19. The number of rotatable bonds is 3. The van der Waals surface area contributed by atoms with E-state index in [4.69, 9.17) is 0 Å². The summed E-state index contributed by atoms with van der Waals surface area (Å²) >= 11 is 0. The lowest BCUT2D eigenvalue weighted by Crippen LogP contribution is -1.99. The molecule has 0 amide bonds. The first-order chi connectivity index (χ1) is 3.77. The van der Waals surface area contributed by atoms with E-state index in [1.807, 2.05) is 14.1 Å². The van der Waals surface area contributed by atoms with Gasteiger partial charge in [0, 0.05) is 14.1 Å². The lowest BCUT2D eigenvalue weighted by atomic mass is 9.78. The van der Waals surface area contributed by atoms with Gasteiger partial charge in [0.15, 0.2) is 0 Å². The average Bonchev–Trinajstić information content (AvgIpc) is 1.66. The van der Waals surface area contributed by atoms with Gasteiger partial charge in [-0.25, -0.2) is 0 Å². The molecular weight excluding hydrogens is 96.9 g/mol. The second-order valence-electron chi connectivity index (χ2n) is 2.14. The van der Waals surface area contributed by atoms with Gasteiger partial charge in [-0.1, -0.05) is 19.2 Å². The Morgan fingerprint density at radius 2 is 2.12 bits per heavy atom. The molecule has 0 aromatic heterocycles. The molecule has 0 spiro atoms. The van der Waals surface area contributed by atoms with Crippen LogP contribution in [-0.2, 0) is 0 Å². The fourth-order valence-corrected chi connectivity index (χ4v) is 0.452. The van der Waals surface area contributed by atoms with Gasteiger partial charge in [0.25, 0.3) is 0 Å². The van der Waals surface area contributed by atoms with Gasteiger partial charge in [0.2, 0.25) is 0 Å². The molecule has 1 nitrogen and oxygen atoms in total. The molecule has 0 radical (unpaired) electrons. The largest absolute Gasteiger partial charge is 0.384 e. The van der Waals surface area contributed by atoms with Crippen molar-refractivity contribution in [2.24, 2.45) is 0 Å². The van der Waals surface area contributed by atoms with Crippen molar-refractivity contribution < 1.29 is 0 Å². The molecule has 0 unspecified atom stereocenters. The minimum absolute atomic E-state index is 1.19. The third-order valence-electron chi connectivity index (χ3n) is 0.859. The highest BCUT2D eigenvalue weighted by Gasteiger charge is 1.75. The van der Waals surface area contributed by atoms with E-state index in [9.17, 15) is 0 Å². The van der Waals surface area contributed by atoms with E-state index in [1.165, 1.54) is 13.6 Å². The van der Waals surface area contributed by atoms with E-state index in [0.29, 0.717) is 0 Å². The van der Waals surface area contributed by atoms with E-state index >= 15 is 0 Å². The molecule has 2 heteroatoms. The fraction of sp³-hybridized carbons (Fsp3) is 0.667. The van der Waals surface area contributed by atoms with Crippen LogP contribution in [0.2, 0.25) is 13.1 Å². The maximum Gasteiger partial charge on any atom is 0.121 e. The normalized spacial score (nSPS) is 9.88. The van der Waals surface area contributed by atoms with Crippen molar-refractivity contribution in [2.45, 2.75) is 13.1 Å². The molecule has 46 valence electrons. The van der Waals surface area contributed by atoms with Crippen LogP contribution in [0.1, 0.15) is 0 Å². The summed E-state index contributed by atoms with van der Waals surface area (Å²) in [4.78, 5) is 2.05. The van der Waals surface area contributed by atoms with Crippen LogP contribution in [0.4, 0.5) is 0 Å². The third-order valence-corrected chi connectivity index (χ3v) is 0.859. The molecule has 0 saturated heterocycles. The van der Waals surface area contributed by atoms with E-state index in [0.717, 1.165) is 0 Å². The van der Waals surface area contributed by atoms with Crippen molar-refractivity contribution in [3.63, 3.8) is 0 Å². The molecule has 0 heterocycles. The molecule has 0 aliphatic heterocycles. The predicted molar refractivity (Wildman–Crippen MR) is 40.6 cm³/mol. The van der Waals surface area contributed by atoms with Gasteiger partial charge < -0.3 is 4.90 Å². The maximum absolute atomic E-state index is 2.18. The van der Waals surface area contributed by atoms with Gasteiger partial charge >= 0.3 is 0 Å². The number of allylic oxidation sites excluding steroid dienone is 1. The maximum atomic E-state index is 2.18. The second-order valence-corrected chi connectivity index (χ2v) is 2.14. The Hall–Kier alpha value is -0.395. The van der Waals surface area contributed by atoms with Gasteiger partial charge in [-0.15, -0.1) is 0 Å². The summed E-state index contributed by atoms with van der Waals surface area (Å²) in [7, 11) is 5.31. The Balaban J connectivity index is 3.07. The predicted octanol–water partition coefficient (Wildman–Crippen LogP) is 0.965. The van der Waals surface area contributed by atoms with Gasteiger partial charge in [-0.3, -0.25) is 0 Å². The summed E-state index contributed by atoms with van der Waals surface area (Å²) in [6, 6.07) is 0. The lowest BCUT2D eigenvalue weighted by Gasteiger charge is -2.01. The van der Waals surface area contributed by atoms with E-state index in [2.05, 4.69) is 24.0 Å². The number of hydrogen-bond acceptors (Lipinski definition) is 1. The summed E-state index contributed by atoms with van der Waals surface area (Å²) in [5, 5.41) is 0. The molecule has 0 saturated carbocycles. The summed E-state index contributed by atoms with van der Waals surface area (Å²) in [6.07, 6.45) is 5.46. The van der Waals surface area contributed by atoms with Crippen LogP contribution >= 0.6 is 0 Å². The van der Waals surface area contributed by atoms with Gasteiger partial charge in [-0.05, 0) is 6.20 Å². The van der Waals surface area contributed by atoms with Crippen molar-refractivity contribution in [2.75, 3.05) is 14.1 Å². The van der Waals surface area contributed by atoms with Crippen LogP contribution < -0.4 is 0 Å². The quantitative estimate of drug-likeness (QED) is 0.490. The molecule has 0 rings (SSSR count). The van der Waals surface area contributed by atoms with Crippen LogP contribution in [-0.4, -0.2) is 26.3 Å². The topological polar surface area (TPSA) is 3.24 Å². The van der Waals surface area contributed by atoms with Crippen molar-refractivity contribution in [3.8, 4) is 0 Å². The zero-order chi connectivity index (χ0) is 6.41. The van der Waals surface area contributed by atoms with Crippen LogP contribution in [0.25, 0.3) is 0 Å². The van der Waals surface area contributed by atoms with Crippen molar-refractivity contribution in [1.29, 1.82) is 0 Å². The monoisotopic (exact) mass is 111 g/mol. The molecule has 8 heavy (non-hydrogen) atoms. The van der Waals surface area contributed by atoms with E-state index in [-0.39, 0.29) is 0 Å². The molecule has 0 bridgehead atoms. The van der Waals surface area contributed by atoms with Crippen molar-refractivity contribution in [1.82, 2.24) is 4.90 Å². The zero-order valence-corrected chi connectivity index (χ0v) is 6.02. The number of hydrogen-bond donors (Lipinski definition) is 0. The van der Waals surface area contributed by atoms with Crippen LogP contribution in [0.5, 0.6) is 0 Å². The molecular formula is C6H14BN. The fourth-order valence-electron chi connectivity index (χ4n) is 0.452. The lowest BCUT2D eigenvalue weighted by molar-refractivity contribution is 0.563. The highest BCUT2D eigenvalue weighted by molar-refractivity contribution is 6.34. The first-order valence-corrected chi connectivity index (χ1v) is 3.10. The SMILES string of the molecule is CBC/C=C\N(C)C. The molecule has 0 atom stereocenters. The Labute approximate surface area is 52.6 Å². The summed E-state index contributed by atoms with van der Waals surface area (Å²) < 4.78 is 0. The standard InChI is InChI=1S/C6H14BN/c1-7-5-4-6-8(2)3/h4,6-7H,5H2,1-3H3/b6-4-. The van der Waals surface area contributed by atoms with Gasteiger partial charge in [0.05, 0.1) is 0 Å². The minimum Gasteiger partial charge on any atom is -0.384 e. The summed E-state index contributed by atoms with van der Waals surface area (Å²) in [6.45, 7) is 2.18. The first-order valence-electron chi connectivity index (χ1n) is 3.10.